The first-order chi connectivity index (χ1) is 5.33. The SMILES string of the molecule is COC(=O)CCCC1CCN1. The molecule has 0 amide bonds. The van der Waals surface area contributed by atoms with Crippen molar-refractivity contribution in [1.29, 1.82) is 0 Å². The van der Waals surface area contributed by atoms with E-state index in [-0.39, 0.29) is 5.97 Å². The predicted octanol–water partition coefficient (Wildman–Crippen LogP) is 0.692. The van der Waals surface area contributed by atoms with Crippen molar-refractivity contribution in [2.45, 2.75) is 31.7 Å². The molecule has 3 heteroatoms. The first-order valence-corrected chi connectivity index (χ1v) is 4.13. The molecule has 1 saturated heterocycles. The summed E-state index contributed by atoms with van der Waals surface area (Å²) in [6, 6.07) is 0.666. The molecule has 1 atom stereocenters. The van der Waals surface area contributed by atoms with E-state index in [4.69, 9.17) is 0 Å². The summed E-state index contributed by atoms with van der Waals surface area (Å²) >= 11 is 0. The summed E-state index contributed by atoms with van der Waals surface area (Å²) in [5.74, 6) is -0.0932. The van der Waals surface area contributed by atoms with E-state index in [0.29, 0.717) is 12.5 Å². The van der Waals surface area contributed by atoms with Gasteiger partial charge in [0.25, 0.3) is 0 Å². The van der Waals surface area contributed by atoms with Gasteiger partial charge in [-0.1, -0.05) is 0 Å². The molecule has 0 aromatic rings. The summed E-state index contributed by atoms with van der Waals surface area (Å²) in [5, 5.41) is 3.29. The molecule has 11 heavy (non-hydrogen) atoms. The third kappa shape index (κ3) is 2.89. The zero-order chi connectivity index (χ0) is 8.10. The Kier molecular flexibility index (Phi) is 3.36. The lowest BCUT2D eigenvalue weighted by Gasteiger charge is -2.27. The molecule has 64 valence electrons. The van der Waals surface area contributed by atoms with Crippen LogP contribution in [0.2, 0.25) is 0 Å². The van der Waals surface area contributed by atoms with Crippen LogP contribution in [0.5, 0.6) is 0 Å². The minimum atomic E-state index is -0.0932. The van der Waals surface area contributed by atoms with Crippen molar-refractivity contribution in [3.05, 3.63) is 0 Å². The van der Waals surface area contributed by atoms with Crippen LogP contribution < -0.4 is 5.32 Å². The van der Waals surface area contributed by atoms with Crippen molar-refractivity contribution in [3.8, 4) is 0 Å². The average molecular weight is 157 g/mol. The minimum absolute atomic E-state index is 0.0932. The second-order valence-electron chi connectivity index (χ2n) is 2.91. The Bertz CT molecular complexity index is 132. The Morgan fingerprint density at radius 1 is 1.73 bits per heavy atom. The van der Waals surface area contributed by atoms with Crippen LogP contribution >= 0.6 is 0 Å². The molecule has 0 saturated carbocycles. The van der Waals surface area contributed by atoms with Crippen molar-refractivity contribution in [3.63, 3.8) is 0 Å². The van der Waals surface area contributed by atoms with Crippen LogP contribution in [-0.4, -0.2) is 25.7 Å². The maximum absolute atomic E-state index is 10.7. The van der Waals surface area contributed by atoms with E-state index in [0.717, 1.165) is 19.4 Å². The van der Waals surface area contributed by atoms with E-state index in [9.17, 15) is 4.79 Å². The van der Waals surface area contributed by atoms with Crippen LogP contribution in [0.15, 0.2) is 0 Å². The van der Waals surface area contributed by atoms with Gasteiger partial charge in [0.05, 0.1) is 7.11 Å². The molecule has 1 aliphatic heterocycles. The quantitative estimate of drug-likeness (QED) is 0.610. The van der Waals surface area contributed by atoms with E-state index in [2.05, 4.69) is 10.1 Å². The molecule has 1 heterocycles. The van der Waals surface area contributed by atoms with Crippen molar-refractivity contribution in [2.24, 2.45) is 0 Å². The van der Waals surface area contributed by atoms with E-state index >= 15 is 0 Å². The van der Waals surface area contributed by atoms with Gasteiger partial charge in [-0.05, 0) is 25.8 Å². The number of rotatable bonds is 4. The minimum Gasteiger partial charge on any atom is -0.469 e. The fraction of sp³-hybridized carbons (Fsp3) is 0.875. The van der Waals surface area contributed by atoms with Gasteiger partial charge in [-0.15, -0.1) is 0 Å². The van der Waals surface area contributed by atoms with Gasteiger partial charge in [0, 0.05) is 12.5 Å². The number of carbonyl (C=O) groups excluding carboxylic acids is 1. The molecule has 1 aliphatic rings. The van der Waals surface area contributed by atoms with Gasteiger partial charge < -0.3 is 10.1 Å². The summed E-state index contributed by atoms with van der Waals surface area (Å²) < 4.78 is 4.52. The molecule has 0 radical (unpaired) electrons. The highest BCUT2D eigenvalue weighted by molar-refractivity contribution is 5.68. The molecule has 1 fully saturated rings. The van der Waals surface area contributed by atoms with Gasteiger partial charge in [-0.25, -0.2) is 0 Å². The summed E-state index contributed by atoms with van der Waals surface area (Å²) in [6.07, 6.45) is 3.88. The third-order valence-electron chi connectivity index (χ3n) is 2.09. The second kappa shape index (κ2) is 4.34. The van der Waals surface area contributed by atoms with E-state index in [1.807, 2.05) is 0 Å². The zero-order valence-electron chi connectivity index (χ0n) is 6.93. The lowest BCUT2D eigenvalue weighted by atomic mass is 10.0. The van der Waals surface area contributed by atoms with E-state index in [1.165, 1.54) is 13.5 Å². The Morgan fingerprint density at radius 2 is 2.45 bits per heavy atom. The Balaban J connectivity index is 1.90. The van der Waals surface area contributed by atoms with Gasteiger partial charge in [0.1, 0.15) is 0 Å². The van der Waals surface area contributed by atoms with Crippen molar-refractivity contribution in [2.75, 3.05) is 13.7 Å². The molecule has 1 unspecified atom stereocenters. The van der Waals surface area contributed by atoms with Gasteiger partial charge >= 0.3 is 5.97 Å². The number of carbonyl (C=O) groups is 1. The van der Waals surface area contributed by atoms with E-state index in [1.54, 1.807) is 0 Å². The summed E-state index contributed by atoms with van der Waals surface area (Å²) in [4.78, 5) is 10.7. The third-order valence-corrected chi connectivity index (χ3v) is 2.09. The Hall–Kier alpha value is -0.570. The fourth-order valence-corrected chi connectivity index (χ4v) is 1.19. The first-order valence-electron chi connectivity index (χ1n) is 4.13. The van der Waals surface area contributed by atoms with Gasteiger partial charge in [-0.2, -0.15) is 0 Å². The maximum Gasteiger partial charge on any atom is 0.305 e. The van der Waals surface area contributed by atoms with Crippen LogP contribution in [0, 0.1) is 0 Å². The average Bonchev–Trinajstić information content (AvgIpc) is 1.94. The van der Waals surface area contributed by atoms with Crippen LogP contribution in [0.1, 0.15) is 25.7 Å². The molecule has 3 nitrogen and oxygen atoms in total. The number of ether oxygens (including phenoxy) is 1. The van der Waals surface area contributed by atoms with E-state index < -0.39 is 0 Å². The smallest absolute Gasteiger partial charge is 0.305 e. The lowest BCUT2D eigenvalue weighted by molar-refractivity contribution is -0.140. The topological polar surface area (TPSA) is 38.3 Å². The first kappa shape index (κ1) is 8.53. The number of methoxy groups -OCH3 is 1. The predicted molar refractivity (Wildman–Crippen MR) is 42.3 cm³/mol. The zero-order valence-corrected chi connectivity index (χ0v) is 6.93. The van der Waals surface area contributed by atoms with Gasteiger partial charge in [0.2, 0.25) is 0 Å². The maximum atomic E-state index is 10.7. The Labute approximate surface area is 67.1 Å². The largest absolute Gasteiger partial charge is 0.469 e. The van der Waals surface area contributed by atoms with Crippen LogP contribution in [0.3, 0.4) is 0 Å². The van der Waals surface area contributed by atoms with Gasteiger partial charge in [0.15, 0.2) is 0 Å². The van der Waals surface area contributed by atoms with Crippen LogP contribution in [-0.2, 0) is 9.53 Å². The molecule has 0 spiro atoms. The summed E-state index contributed by atoms with van der Waals surface area (Å²) in [5.41, 5.74) is 0. The monoisotopic (exact) mass is 157 g/mol. The normalized spacial score (nSPS) is 22.5. The molecule has 0 aromatic carbocycles. The second-order valence-corrected chi connectivity index (χ2v) is 2.91. The molecule has 0 aromatic heterocycles. The molecular weight excluding hydrogens is 142 g/mol. The number of esters is 1. The standard InChI is InChI=1S/C8H15NO2/c1-11-8(10)4-2-3-7-5-6-9-7/h7,9H,2-6H2,1H3. The lowest BCUT2D eigenvalue weighted by Crippen LogP contribution is -2.42. The van der Waals surface area contributed by atoms with Crippen LogP contribution in [0.25, 0.3) is 0 Å². The highest BCUT2D eigenvalue weighted by Crippen LogP contribution is 2.10. The molecule has 0 bridgehead atoms. The number of nitrogens with one attached hydrogen (secondary N) is 1. The summed E-state index contributed by atoms with van der Waals surface area (Å²) in [6.45, 7) is 1.14. The van der Waals surface area contributed by atoms with Crippen molar-refractivity contribution in [1.82, 2.24) is 5.32 Å². The molecular formula is C8H15NO2. The number of hydrogen-bond acceptors (Lipinski definition) is 3. The van der Waals surface area contributed by atoms with Crippen molar-refractivity contribution < 1.29 is 9.53 Å². The summed E-state index contributed by atoms with van der Waals surface area (Å²) in [7, 11) is 1.43. The molecule has 1 rings (SSSR count). The number of hydrogen-bond donors (Lipinski definition) is 1. The van der Waals surface area contributed by atoms with Crippen LogP contribution in [0.4, 0.5) is 0 Å². The fourth-order valence-electron chi connectivity index (χ4n) is 1.19. The van der Waals surface area contributed by atoms with Crippen molar-refractivity contribution >= 4 is 5.97 Å². The Morgan fingerprint density at radius 3 is 2.91 bits per heavy atom. The highest BCUT2D eigenvalue weighted by atomic mass is 16.5. The van der Waals surface area contributed by atoms with Gasteiger partial charge in [-0.3, -0.25) is 4.79 Å². The highest BCUT2D eigenvalue weighted by Gasteiger charge is 2.15. The molecule has 1 N–H and O–H groups in total. The molecule has 0 aliphatic carbocycles.